The van der Waals surface area contributed by atoms with Crippen molar-refractivity contribution < 1.29 is 8.78 Å². The molecule has 2 rings (SSSR count). The zero-order valence-corrected chi connectivity index (χ0v) is 12.5. The SMILES string of the molecule is CCNC1CCC(CC)CC1Cc1ccc(F)c(F)c1. The second-order valence-electron chi connectivity index (χ2n) is 5.96. The van der Waals surface area contributed by atoms with Crippen LogP contribution in [0.4, 0.5) is 8.78 Å². The number of halogens is 2. The Balaban J connectivity index is 2.07. The van der Waals surface area contributed by atoms with Gasteiger partial charge in [-0.3, -0.25) is 0 Å². The van der Waals surface area contributed by atoms with Crippen molar-refractivity contribution in [2.45, 2.75) is 52.0 Å². The van der Waals surface area contributed by atoms with Gasteiger partial charge >= 0.3 is 0 Å². The molecular formula is C17H25F2N. The molecule has 0 bridgehead atoms. The van der Waals surface area contributed by atoms with E-state index in [9.17, 15) is 8.78 Å². The normalized spacial score (nSPS) is 26.7. The molecule has 1 N–H and O–H groups in total. The van der Waals surface area contributed by atoms with Gasteiger partial charge in [-0.1, -0.05) is 26.3 Å². The highest BCUT2D eigenvalue weighted by Crippen LogP contribution is 2.33. The Kier molecular flexibility index (Phi) is 5.53. The van der Waals surface area contributed by atoms with Crippen molar-refractivity contribution in [1.29, 1.82) is 0 Å². The minimum Gasteiger partial charge on any atom is -0.314 e. The summed E-state index contributed by atoms with van der Waals surface area (Å²) in [5.41, 5.74) is 0.911. The van der Waals surface area contributed by atoms with Gasteiger partial charge in [0.25, 0.3) is 0 Å². The lowest BCUT2D eigenvalue weighted by atomic mass is 9.74. The van der Waals surface area contributed by atoms with E-state index in [1.807, 2.05) is 0 Å². The van der Waals surface area contributed by atoms with Crippen molar-refractivity contribution in [3.8, 4) is 0 Å². The molecule has 0 aliphatic heterocycles. The maximum atomic E-state index is 13.3. The fourth-order valence-electron chi connectivity index (χ4n) is 3.46. The molecule has 0 amide bonds. The monoisotopic (exact) mass is 281 g/mol. The third-order valence-electron chi connectivity index (χ3n) is 4.62. The van der Waals surface area contributed by atoms with Gasteiger partial charge in [-0.25, -0.2) is 8.78 Å². The molecule has 1 aromatic carbocycles. The van der Waals surface area contributed by atoms with Crippen LogP contribution in [0.15, 0.2) is 18.2 Å². The highest BCUT2D eigenvalue weighted by molar-refractivity contribution is 5.18. The lowest BCUT2D eigenvalue weighted by Gasteiger charge is -2.36. The first-order valence-electron chi connectivity index (χ1n) is 7.81. The Morgan fingerprint density at radius 2 is 1.95 bits per heavy atom. The molecule has 0 spiro atoms. The molecule has 3 atom stereocenters. The minimum absolute atomic E-state index is 0.510. The summed E-state index contributed by atoms with van der Waals surface area (Å²) < 4.78 is 26.3. The summed E-state index contributed by atoms with van der Waals surface area (Å²) in [5, 5.41) is 3.56. The molecule has 1 aromatic rings. The lowest BCUT2D eigenvalue weighted by Crippen LogP contribution is -2.41. The van der Waals surface area contributed by atoms with Crippen molar-refractivity contribution in [2.24, 2.45) is 11.8 Å². The highest BCUT2D eigenvalue weighted by atomic mass is 19.2. The van der Waals surface area contributed by atoms with Crippen LogP contribution in [0.1, 0.15) is 45.1 Å². The Labute approximate surface area is 120 Å². The molecule has 0 aromatic heterocycles. The summed E-state index contributed by atoms with van der Waals surface area (Å²) in [6.45, 7) is 5.34. The smallest absolute Gasteiger partial charge is 0.159 e. The first-order valence-corrected chi connectivity index (χ1v) is 7.81. The van der Waals surface area contributed by atoms with Crippen molar-refractivity contribution in [1.82, 2.24) is 5.32 Å². The van der Waals surface area contributed by atoms with E-state index in [0.717, 1.165) is 24.4 Å². The van der Waals surface area contributed by atoms with E-state index in [0.29, 0.717) is 12.0 Å². The quantitative estimate of drug-likeness (QED) is 0.848. The molecule has 1 aliphatic carbocycles. The van der Waals surface area contributed by atoms with Gasteiger partial charge in [0.2, 0.25) is 0 Å². The van der Waals surface area contributed by atoms with E-state index >= 15 is 0 Å². The van der Waals surface area contributed by atoms with Gasteiger partial charge in [0.1, 0.15) is 0 Å². The van der Waals surface area contributed by atoms with E-state index in [2.05, 4.69) is 19.2 Å². The molecule has 1 saturated carbocycles. The van der Waals surface area contributed by atoms with Gasteiger partial charge in [-0.05, 0) is 61.8 Å². The summed E-state index contributed by atoms with van der Waals surface area (Å²) in [6, 6.07) is 4.83. The summed E-state index contributed by atoms with van der Waals surface area (Å²) in [5.74, 6) is -0.184. The Bertz CT molecular complexity index is 433. The molecule has 1 fully saturated rings. The molecule has 0 radical (unpaired) electrons. The fourth-order valence-corrected chi connectivity index (χ4v) is 3.46. The Hall–Kier alpha value is -0.960. The van der Waals surface area contributed by atoms with Gasteiger partial charge in [0.15, 0.2) is 11.6 Å². The highest BCUT2D eigenvalue weighted by Gasteiger charge is 2.29. The van der Waals surface area contributed by atoms with Crippen LogP contribution in [0.3, 0.4) is 0 Å². The van der Waals surface area contributed by atoms with Crippen LogP contribution in [0.2, 0.25) is 0 Å². The topological polar surface area (TPSA) is 12.0 Å². The third-order valence-corrected chi connectivity index (χ3v) is 4.62. The van der Waals surface area contributed by atoms with Gasteiger partial charge in [-0.15, -0.1) is 0 Å². The van der Waals surface area contributed by atoms with Crippen LogP contribution >= 0.6 is 0 Å². The van der Waals surface area contributed by atoms with Crippen LogP contribution in [0.25, 0.3) is 0 Å². The lowest BCUT2D eigenvalue weighted by molar-refractivity contribution is 0.200. The van der Waals surface area contributed by atoms with E-state index < -0.39 is 11.6 Å². The van der Waals surface area contributed by atoms with Crippen LogP contribution in [-0.4, -0.2) is 12.6 Å². The zero-order valence-electron chi connectivity index (χ0n) is 12.5. The molecule has 3 heteroatoms. The van der Waals surface area contributed by atoms with E-state index in [1.165, 1.54) is 37.8 Å². The molecule has 0 saturated heterocycles. The largest absolute Gasteiger partial charge is 0.314 e. The number of rotatable bonds is 5. The molecule has 0 heterocycles. The van der Waals surface area contributed by atoms with Crippen molar-refractivity contribution in [3.05, 3.63) is 35.4 Å². The number of hydrogen-bond donors (Lipinski definition) is 1. The van der Waals surface area contributed by atoms with Gasteiger partial charge in [0.05, 0.1) is 0 Å². The maximum absolute atomic E-state index is 13.3. The van der Waals surface area contributed by atoms with Gasteiger partial charge in [0, 0.05) is 6.04 Å². The van der Waals surface area contributed by atoms with Crippen molar-refractivity contribution in [3.63, 3.8) is 0 Å². The maximum Gasteiger partial charge on any atom is 0.159 e. The Morgan fingerprint density at radius 1 is 1.15 bits per heavy atom. The molecule has 1 nitrogen and oxygen atoms in total. The summed E-state index contributed by atoms with van der Waals surface area (Å²) >= 11 is 0. The average molecular weight is 281 g/mol. The molecule has 112 valence electrons. The first kappa shape index (κ1) is 15.4. The van der Waals surface area contributed by atoms with Crippen LogP contribution < -0.4 is 5.32 Å². The van der Waals surface area contributed by atoms with E-state index in [1.54, 1.807) is 6.07 Å². The van der Waals surface area contributed by atoms with E-state index in [4.69, 9.17) is 0 Å². The predicted octanol–water partition coefficient (Wildman–Crippen LogP) is 4.31. The third kappa shape index (κ3) is 3.78. The minimum atomic E-state index is -0.757. The molecule has 1 aliphatic rings. The van der Waals surface area contributed by atoms with Crippen LogP contribution in [0, 0.1) is 23.5 Å². The fraction of sp³-hybridized carbons (Fsp3) is 0.647. The van der Waals surface area contributed by atoms with Crippen LogP contribution in [-0.2, 0) is 6.42 Å². The summed E-state index contributed by atoms with van der Waals surface area (Å²) in [6.07, 6.45) is 5.72. The number of nitrogens with one attached hydrogen (secondary N) is 1. The van der Waals surface area contributed by atoms with E-state index in [-0.39, 0.29) is 0 Å². The van der Waals surface area contributed by atoms with Gasteiger partial charge in [-0.2, -0.15) is 0 Å². The number of benzene rings is 1. The molecular weight excluding hydrogens is 256 g/mol. The summed E-state index contributed by atoms with van der Waals surface area (Å²) in [7, 11) is 0. The molecule has 3 unspecified atom stereocenters. The zero-order chi connectivity index (χ0) is 14.5. The standard InChI is InChI=1S/C17H25F2N/c1-3-12-6-8-17(20-4-2)14(9-12)10-13-5-7-15(18)16(19)11-13/h5,7,11-12,14,17,20H,3-4,6,8-10H2,1-2H3. The van der Waals surface area contributed by atoms with Gasteiger partial charge < -0.3 is 5.32 Å². The van der Waals surface area contributed by atoms with Crippen LogP contribution in [0.5, 0.6) is 0 Å². The second-order valence-corrected chi connectivity index (χ2v) is 5.96. The predicted molar refractivity (Wildman–Crippen MR) is 78.6 cm³/mol. The average Bonchev–Trinajstić information content (AvgIpc) is 2.45. The van der Waals surface area contributed by atoms with Crippen molar-refractivity contribution >= 4 is 0 Å². The van der Waals surface area contributed by atoms with Crippen molar-refractivity contribution in [2.75, 3.05) is 6.54 Å². The first-order chi connectivity index (χ1) is 9.63. The molecule has 20 heavy (non-hydrogen) atoms. The summed E-state index contributed by atoms with van der Waals surface area (Å²) in [4.78, 5) is 0. The second kappa shape index (κ2) is 7.16. The number of hydrogen-bond acceptors (Lipinski definition) is 1. The Morgan fingerprint density at radius 3 is 2.60 bits per heavy atom.